The summed E-state index contributed by atoms with van der Waals surface area (Å²) in [5.41, 5.74) is 1.40. The second kappa shape index (κ2) is 9.84. The quantitative estimate of drug-likeness (QED) is 0.374. The SMILES string of the molecule is COc1cc(/C=C/C(=O)Nc2cc(Cl)ccc2F)ccc1OS(=O)(=O)c1ccc(C)cc1. The number of benzene rings is 3. The topological polar surface area (TPSA) is 81.7 Å². The van der Waals surface area contributed by atoms with Gasteiger partial charge in [0.2, 0.25) is 5.91 Å². The number of halogens is 2. The molecule has 0 saturated carbocycles. The summed E-state index contributed by atoms with van der Waals surface area (Å²) < 4.78 is 49.2. The number of hydrogen-bond acceptors (Lipinski definition) is 5. The van der Waals surface area contributed by atoms with Gasteiger partial charge in [0.05, 0.1) is 12.8 Å². The minimum Gasteiger partial charge on any atom is -0.493 e. The summed E-state index contributed by atoms with van der Waals surface area (Å²) >= 11 is 5.81. The van der Waals surface area contributed by atoms with E-state index < -0.39 is 21.8 Å². The van der Waals surface area contributed by atoms with Gasteiger partial charge < -0.3 is 14.2 Å². The van der Waals surface area contributed by atoms with Gasteiger partial charge in [-0.2, -0.15) is 8.42 Å². The Bertz CT molecular complexity index is 1270. The van der Waals surface area contributed by atoms with Crippen molar-refractivity contribution in [2.24, 2.45) is 0 Å². The smallest absolute Gasteiger partial charge is 0.339 e. The van der Waals surface area contributed by atoms with Crippen LogP contribution < -0.4 is 14.2 Å². The fourth-order valence-corrected chi connectivity index (χ4v) is 3.78. The molecule has 0 radical (unpaired) electrons. The molecule has 0 aliphatic carbocycles. The second-order valence-corrected chi connectivity index (χ2v) is 8.69. The van der Waals surface area contributed by atoms with Crippen LogP contribution in [0.1, 0.15) is 11.1 Å². The molecule has 3 rings (SSSR count). The van der Waals surface area contributed by atoms with Crippen LogP contribution in [0.3, 0.4) is 0 Å². The van der Waals surface area contributed by atoms with Gasteiger partial charge in [0, 0.05) is 11.1 Å². The van der Waals surface area contributed by atoms with Gasteiger partial charge in [0.1, 0.15) is 10.7 Å². The zero-order valence-electron chi connectivity index (χ0n) is 17.1. The maximum Gasteiger partial charge on any atom is 0.339 e. The lowest BCUT2D eigenvalue weighted by atomic mass is 10.2. The van der Waals surface area contributed by atoms with E-state index in [2.05, 4.69) is 5.32 Å². The minimum atomic E-state index is -4.05. The predicted octanol–water partition coefficient (Wildman–Crippen LogP) is 5.22. The Morgan fingerprint density at radius 1 is 1.03 bits per heavy atom. The number of methoxy groups -OCH3 is 1. The highest BCUT2D eigenvalue weighted by Crippen LogP contribution is 2.31. The first-order valence-corrected chi connectivity index (χ1v) is 11.1. The zero-order valence-corrected chi connectivity index (χ0v) is 18.7. The van der Waals surface area contributed by atoms with Crippen LogP contribution in [0.5, 0.6) is 11.5 Å². The number of nitrogens with one attached hydrogen (secondary N) is 1. The number of aryl methyl sites for hydroxylation is 1. The highest BCUT2D eigenvalue weighted by Gasteiger charge is 2.19. The van der Waals surface area contributed by atoms with E-state index >= 15 is 0 Å². The zero-order chi connectivity index (χ0) is 23.3. The van der Waals surface area contributed by atoms with Crippen molar-refractivity contribution in [3.63, 3.8) is 0 Å². The van der Waals surface area contributed by atoms with Gasteiger partial charge in [0.25, 0.3) is 0 Å². The average Bonchev–Trinajstić information content (AvgIpc) is 2.75. The predicted molar refractivity (Wildman–Crippen MR) is 121 cm³/mol. The van der Waals surface area contributed by atoms with Crippen molar-refractivity contribution in [2.75, 3.05) is 12.4 Å². The first kappa shape index (κ1) is 23.3. The Morgan fingerprint density at radius 2 is 1.75 bits per heavy atom. The molecule has 0 saturated heterocycles. The van der Waals surface area contributed by atoms with Crippen molar-refractivity contribution in [3.8, 4) is 11.5 Å². The summed E-state index contributed by atoms with van der Waals surface area (Å²) in [6, 6.07) is 14.5. The normalized spacial score (nSPS) is 11.4. The molecule has 0 aromatic heterocycles. The van der Waals surface area contributed by atoms with E-state index in [1.165, 1.54) is 55.7 Å². The lowest BCUT2D eigenvalue weighted by molar-refractivity contribution is -0.111. The highest BCUT2D eigenvalue weighted by molar-refractivity contribution is 7.87. The Labute approximate surface area is 190 Å². The first-order chi connectivity index (χ1) is 15.2. The van der Waals surface area contributed by atoms with Crippen molar-refractivity contribution in [3.05, 3.63) is 88.7 Å². The number of amides is 1. The number of carbonyl (C=O) groups is 1. The molecule has 0 atom stereocenters. The Balaban J connectivity index is 1.75. The van der Waals surface area contributed by atoms with Crippen LogP contribution in [0, 0.1) is 12.7 Å². The largest absolute Gasteiger partial charge is 0.493 e. The minimum absolute atomic E-state index is 0.00400. The van der Waals surface area contributed by atoms with Gasteiger partial charge in [-0.1, -0.05) is 35.4 Å². The molecule has 0 unspecified atom stereocenters. The molecule has 0 spiro atoms. The molecule has 32 heavy (non-hydrogen) atoms. The second-order valence-electron chi connectivity index (χ2n) is 6.71. The molecule has 1 amide bonds. The van der Waals surface area contributed by atoms with Crippen LogP contribution in [0.4, 0.5) is 10.1 Å². The molecule has 3 aromatic carbocycles. The number of rotatable bonds is 7. The van der Waals surface area contributed by atoms with E-state index in [0.29, 0.717) is 5.56 Å². The summed E-state index contributed by atoms with van der Waals surface area (Å²) in [5.74, 6) is -1.04. The van der Waals surface area contributed by atoms with Crippen molar-refractivity contribution in [2.45, 2.75) is 11.8 Å². The Hall–Kier alpha value is -3.36. The van der Waals surface area contributed by atoms with Crippen LogP contribution in [-0.2, 0) is 14.9 Å². The van der Waals surface area contributed by atoms with E-state index in [9.17, 15) is 17.6 Å². The van der Waals surface area contributed by atoms with E-state index in [4.69, 9.17) is 20.5 Å². The van der Waals surface area contributed by atoms with Crippen molar-refractivity contribution in [1.29, 1.82) is 0 Å². The van der Waals surface area contributed by atoms with Crippen LogP contribution in [0.25, 0.3) is 6.08 Å². The number of hydrogen-bond donors (Lipinski definition) is 1. The first-order valence-electron chi connectivity index (χ1n) is 9.31. The van der Waals surface area contributed by atoms with Gasteiger partial charge in [-0.25, -0.2) is 4.39 Å². The van der Waals surface area contributed by atoms with E-state index in [1.54, 1.807) is 18.2 Å². The molecule has 0 aliphatic heterocycles. The summed E-state index contributed by atoms with van der Waals surface area (Å²) in [6.07, 6.45) is 2.65. The molecule has 9 heteroatoms. The third kappa shape index (κ3) is 5.87. The molecule has 3 aromatic rings. The number of anilines is 1. The molecule has 1 N–H and O–H groups in total. The molecule has 166 valence electrons. The summed E-state index contributed by atoms with van der Waals surface area (Å²) in [5, 5.41) is 2.68. The van der Waals surface area contributed by atoms with Gasteiger partial charge in [-0.3, -0.25) is 4.79 Å². The molecular weight excluding hydrogens is 457 g/mol. The Morgan fingerprint density at radius 3 is 2.44 bits per heavy atom. The van der Waals surface area contributed by atoms with Crippen molar-refractivity contribution >= 4 is 39.4 Å². The van der Waals surface area contributed by atoms with Gasteiger partial charge >= 0.3 is 10.1 Å². The van der Waals surface area contributed by atoms with E-state index in [-0.39, 0.29) is 27.1 Å². The monoisotopic (exact) mass is 475 g/mol. The summed E-state index contributed by atoms with van der Waals surface area (Å²) in [7, 11) is -2.69. The van der Waals surface area contributed by atoms with Crippen molar-refractivity contribution < 1.29 is 26.5 Å². The van der Waals surface area contributed by atoms with Crippen LogP contribution in [-0.4, -0.2) is 21.4 Å². The van der Waals surface area contributed by atoms with Crippen LogP contribution >= 0.6 is 11.6 Å². The maximum absolute atomic E-state index is 13.7. The Kier molecular flexibility index (Phi) is 7.17. The highest BCUT2D eigenvalue weighted by atomic mass is 35.5. The molecule has 6 nitrogen and oxygen atoms in total. The van der Waals surface area contributed by atoms with Crippen LogP contribution in [0.15, 0.2) is 71.6 Å². The molecule has 0 aliphatic rings. The molecule has 0 bridgehead atoms. The third-order valence-electron chi connectivity index (χ3n) is 4.31. The molecule has 0 heterocycles. The number of carbonyl (C=O) groups excluding carboxylic acids is 1. The standard InChI is InChI=1S/C23H19ClFNO5S/c1-15-3-8-18(9-4-15)32(28,29)31-21-11-5-16(13-22(21)30-2)6-12-23(27)26-20-14-17(24)7-10-19(20)25/h3-14H,1-2H3,(H,26,27)/b12-6+. The summed E-state index contributed by atoms with van der Waals surface area (Å²) in [4.78, 5) is 12.1. The fourth-order valence-electron chi connectivity index (χ4n) is 2.67. The maximum atomic E-state index is 13.7. The van der Waals surface area contributed by atoms with Crippen molar-refractivity contribution in [1.82, 2.24) is 0 Å². The van der Waals surface area contributed by atoms with E-state index in [1.807, 2.05) is 6.92 Å². The van der Waals surface area contributed by atoms with Gasteiger partial charge in [-0.05, 0) is 61.0 Å². The average molecular weight is 476 g/mol. The van der Waals surface area contributed by atoms with Crippen LogP contribution in [0.2, 0.25) is 5.02 Å². The lowest BCUT2D eigenvalue weighted by Gasteiger charge is -2.11. The fraction of sp³-hybridized carbons (Fsp3) is 0.0870. The molecular formula is C23H19ClFNO5S. The lowest BCUT2D eigenvalue weighted by Crippen LogP contribution is -2.10. The van der Waals surface area contributed by atoms with E-state index in [0.717, 1.165) is 11.6 Å². The molecule has 0 fully saturated rings. The van der Waals surface area contributed by atoms with Gasteiger partial charge in [-0.15, -0.1) is 0 Å². The third-order valence-corrected chi connectivity index (χ3v) is 5.79. The summed E-state index contributed by atoms with van der Waals surface area (Å²) in [6.45, 7) is 1.85. The van der Waals surface area contributed by atoms with Gasteiger partial charge in [0.15, 0.2) is 11.5 Å². The number of ether oxygens (including phenoxy) is 1.